The molecule has 1 heterocycles. The maximum Gasteiger partial charge on any atom is 0.115 e. The van der Waals surface area contributed by atoms with Crippen molar-refractivity contribution < 1.29 is 9.84 Å². The predicted molar refractivity (Wildman–Crippen MR) is 63.5 cm³/mol. The number of benzene rings is 1. The molecule has 3 heteroatoms. The molecular weight excluding hydrogens is 202 g/mol. The molecule has 1 aliphatic heterocycles. The zero-order valence-corrected chi connectivity index (χ0v) is 9.65. The molecule has 0 spiro atoms. The van der Waals surface area contributed by atoms with Gasteiger partial charge in [0.15, 0.2) is 0 Å². The van der Waals surface area contributed by atoms with Crippen LogP contribution in [0.1, 0.15) is 31.4 Å². The number of nitrogens with one attached hydrogen (secondary N) is 1. The van der Waals surface area contributed by atoms with Crippen molar-refractivity contribution in [1.29, 1.82) is 0 Å². The van der Waals surface area contributed by atoms with E-state index in [1.54, 1.807) is 12.1 Å². The predicted octanol–water partition coefficient (Wildman–Crippen LogP) is 2.22. The van der Waals surface area contributed by atoms with Crippen LogP contribution in [-0.4, -0.2) is 24.4 Å². The van der Waals surface area contributed by atoms with E-state index in [0.717, 1.165) is 19.6 Å². The van der Waals surface area contributed by atoms with Gasteiger partial charge in [-0.3, -0.25) is 0 Å². The Morgan fingerprint density at radius 1 is 1.44 bits per heavy atom. The number of hydrogen-bond donors (Lipinski definition) is 2. The van der Waals surface area contributed by atoms with Crippen molar-refractivity contribution in [2.75, 3.05) is 13.2 Å². The Balaban J connectivity index is 1.82. The molecule has 1 saturated heterocycles. The van der Waals surface area contributed by atoms with E-state index in [0.29, 0.717) is 17.9 Å². The van der Waals surface area contributed by atoms with Crippen molar-refractivity contribution in [1.82, 2.24) is 5.32 Å². The van der Waals surface area contributed by atoms with E-state index in [1.807, 2.05) is 12.1 Å². The number of hydrogen-bond acceptors (Lipinski definition) is 3. The van der Waals surface area contributed by atoms with Crippen LogP contribution in [0.4, 0.5) is 0 Å². The number of ether oxygens (including phenoxy) is 1. The van der Waals surface area contributed by atoms with Crippen LogP contribution in [0.25, 0.3) is 0 Å². The highest BCUT2D eigenvalue weighted by molar-refractivity contribution is 5.27. The van der Waals surface area contributed by atoms with Crippen molar-refractivity contribution in [3.05, 3.63) is 29.8 Å². The van der Waals surface area contributed by atoms with E-state index in [9.17, 15) is 5.11 Å². The van der Waals surface area contributed by atoms with Gasteiger partial charge in [-0.05, 0) is 37.5 Å². The quantitative estimate of drug-likeness (QED) is 0.819. The first kappa shape index (κ1) is 11.4. The van der Waals surface area contributed by atoms with E-state index >= 15 is 0 Å². The second-order valence-corrected chi connectivity index (χ2v) is 4.36. The second kappa shape index (κ2) is 5.32. The Bertz CT molecular complexity index is 317. The third-order valence-electron chi connectivity index (χ3n) is 3.07. The summed E-state index contributed by atoms with van der Waals surface area (Å²) in [7, 11) is 0. The Hall–Kier alpha value is -1.06. The van der Waals surface area contributed by atoms with Crippen molar-refractivity contribution in [2.24, 2.45) is 0 Å². The molecule has 2 rings (SSSR count). The lowest BCUT2D eigenvalue weighted by Gasteiger charge is -2.17. The van der Waals surface area contributed by atoms with Gasteiger partial charge in [-0.1, -0.05) is 12.1 Å². The van der Waals surface area contributed by atoms with Gasteiger partial charge < -0.3 is 15.2 Å². The lowest BCUT2D eigenvalue weighted by molar-refractivity contribution is 0.108. The minimum Gasteiger partial charge on any atom is -0.508 e. The van der Waals surface area contributed by atoms with Crippen LogP contribution in [-0.2, 0) is 4.74 Å². The number of phenols is 1. The van der Waals surface area contributed by atoms with Gasteiger partial charge in [-0.2, -0.15) is 0 Å². The summed E-state index contributed by atoms with van der Waals surface area (Å²) in [4.78, 5) is 0. The minimum absolute atomic E-state index is 0.296. The largest absolute Gasteiger partial charge is 0.508 e. The van der Waals surface area contributed by atoms with Gasteiger partial charge in [0.05, 0.1) is 6.10 Å². The minimum atomic E-state index is 0.296. The van der Waals surface area contributed by atoms with Gasteiger partial charge in [0, 0.05) is 19.2 Å². The fourth-order valence-electron chi connectivity index (χ4n) is 1.99. The summed E-state index contributed by atoms with van der Waals surface area (Å²) in [5, 5.41) is 12.7. The van der Waals surface area contributed by atoms with Crippen LogP contribution < -0.4 is 5.32 Å². The molecule has 0 aromatic heterocycles. The zero-order chi connectivity index (χ0) is 11.4. The molecule has 16 heavy (non-hydrogen) atoms. The van der Waals surface area contributed by atoms with Crippen molar-refractivity contribution in [3.8, 4) is 5.75 Å². The zero-order valence-electron chi connectivity index (χ0n) is 9.65. The topological polar surface area (TPSA) is 41.5 Å². The Labute approximate surface area is 96.4 Å². The molecule has 0 radical (unpaired) electrons. The van der Waals surface area contributed by atoms with Crippen LogP contribution in [0.2, 0.25) is 0 Å². The van der Waals surface area contributed by atoms with E-state index in [1.165, 1.54) is 12.0 Å². The van der Waals surface area contributed by atoms with Gasteiger partial charge in [-0.25, -0.2) is 0 Å². The molecule has 1 aliphatic rings. The molecule has 2 N–H and O–H groups in total. The summed E-state index contributed by atoms with van der Waals surface area (Å²) < 4.78 is 5.56. The van der Waals surface area contributed by atoms with Gasteiger partial charge >= 0.3 is 0 Å². The summed E-state index contributed by atoms with van der Waals surface area (Å²) >= 11 is 0. The van der Waals surface area contributed by atoms with E-state index in [4.69, 9.17) is 4.74 Å². The van der Waals surface area contributed by atoms with E-state index in [-0.39, 0.29) is 0 Å². The SMILES string of the molecule is CC(NCC1CCCO1)c1ccc(O)cc1. The summed E-state index contributed by atoms with van der Waals surface area (Å²) in [6.07, 6.45) is 2.72. The second-order valence-electron chi connectivity index (χ2n) is 4.36. The highest BCUT2D eigenvalue weighted by Crippen LogP contribution is 2.17. The van der Waals surface area contributed by atoms with Crippen molar-refractivity contribution in [3.63, 3.8) is 0 Å². The van der Waals surface area contributed by atoms with Crippen LogP contribution in [0.15, 0.2) is 24.3 Å². The Kier molecular flexibility index (Phi) is 3.80. The fourth-order valence-corrected chi connectivity index (χ4v) is 1.99. The molecule has 88 valence electrons. The molecule has 1 aromatic carbocycles. The van der Waals surface area contributed by atoms with Gasteiger partial charge in [0.2, 0.25) is 0 Å². The molecule has 2 atom stereocenters. The monoisotopic (exact) mass is 221 g/mol. The Morgan fingerprint density at radius 2 is 2.19 bits per heavy atom. The van der Waals surface area contributed by atoms with Gasteiger partial charge in [0.1, 0.15) is 5.75 Å². The first-order valence-corrected chi connectivity index (χ1v) is 5.89. The third-order valence-corrected chi connectivity index (χ3v) is 3.07. The van der Waals surface area contributed by atoms with Gasteiger partial charge in [-0.15, -0.1) is 0 Å². The molecule has 1 fully saturated rings. The molecule has 0 saturated carbocycles. The lowest BCUT2D eigenvalue weighted by atomic mass is 10.1. The number of phenolic OH excluding ortho intramolecular Hbond substituents is 1. The van der Waals surface area contributed by atoms with Crippen LogP contribution in [0.5, 0.6) is 5.75 Å². The standard InChI is InChI=1S/C13H19NO2/c1-10(11-4-6-12(15)7-5-11)14-9-13-3-2-8-16-13/h4-7,10,13-15H,2-3,8-9H2,1H3. The van der Waals surface area contributed by atoms with Crippen molar-refractivity contribution >= 4 is 0 Å². The maximum absolute atomic E-state index is 9.20. The Morgan fingerprint density at radius 3 is 2.81 bits per heavy atom. The molecular formula is C13H19NO2. The highest BCUT2D eigenvalue weighted by atomic mass is 16.5. The molecule has 0 aliphatic carbocycles. The number of aromatic hydroxyl groups is 1. The third kappa shape index (κ3) is 2.97. The smallest absolute Gasteiger partial charge is 0.115 e. The van der Waals surface area contributed by atoms with Gasteiger partial charge in [0.25, 0.3) is 0 Å². The van der Waals surface area contributed by atoms with Crippen molar-refractivity contribution in [2.45, 2.75) is 31.9 Å². The number of rotatable bonds is 4. The fraction of sp³-hybridized carbons (Fsp3) is 0.538. The summed E-state index contributed by atoms with van der Waals surface area (Å²) in [6, 6.07) is 7.63. The van der Waals surface area contributed by atoms with Crippen LogP contribution >= 0.6 is 0 Å². The average Bonchev–Trinajstić information content (AvgIpc) is 2.80. The molecule has 3 nitrogen and oxygen atoms in total. The van der Waals surface area contributed by atoms with Crippen LogP contribution in [0, 0.1) is 0 Å². The summed E-state index contributed by atoms with van der Waals surface area (Å²) in [6.45, 7) is 3.93. The summed E-state index contributed by atoms with van der Waals surface area (Å²) in [5.41, 5.74) is 1.19. The van der Waals surface area contributed by atoms with Crippen LogP contribution in [0.3, 0.4) is 0 Å². The maximum atomic E-state index is 9.20. The average molecular weight is 221 g/mol. The normalized spacial score (nSPS) is 22.2. The highest BCUT2D eigenvalue weighted by Gasteiger charge is 2.16. The molecule has 2 unspecified atom stereocenters. The molecule has 0 bridgehead atoms. The summed E-state index contributed by atoms with van der Waals surface area (Å²) in [5.74, 6) is 0.315. The molecule has 0 amide bonds. The first-order chi connectivity index (χ1) is 7.75. The first-order valence-electron chi connectivity index (χ1n) is 5.89. The van der Waals surface area contributed by atoms with E-state index in [2.05, 4.69) is 12.2 Å². The molecule has 1 aromatic rings. The van der Waals surface area contributed by atoms with E-state index < -0.39 is 0 Å². The lowest BCUT2D eigenvalue weighted by Crippen LogP contribution is -2.28.